The van der Waals surface area contributed by atoms with Gasteiger partial charge in [-0.1, -0.05) is 23.7 Å². The summed E-state index contributed by atoms with van der Waals surface area (Å²) < 4.78 is 10.6. The molecule has 0 fully saturated rings. The number of carboxylic acids is 1. The lowest BCUT2D eigenvalue weighted by atomic mass is 10.1. The minimum Gasteiger partial charge on any atom is -0.546 e. The summed E-state index contributed by atoms with van der Waals surface area (Å²) in [4.78, 5) is 11.2. The Morgan fingerprint density at radius 1 is 1.17 bits per heavy atom. The first-order valence-electron chi connectivity index (χ1n) is 7.17. The van der Waals surface area contributed by atoms with Crippen LogP contribution in [0.4, 0.5) is 0 Å². The molecule has 0 spiro atoms. The third kappa shape index (κ3) is 5.33. The summed E-state index contributed by atoms with van der Waals surface area (Å²) in [6.07, 6.45) is -2.79. The van der Waals surface area contributed by atoms with Gasteiger partial charge in [-0.25, -0.2) is 0 Å². The first kappa shape index (κ1) is 17.9. The average Bonchev–Trinajstić information content (AvgIpc) is 2.55. The number of carbonyl (C=O) groups excluding carboxylic acids is 1. The van der Waals surface area contributed by atoms with Crippen LogP contribution in [0.15, 0.2) is 48.5 Å². The number of halogens is 1. The van der Waals surface area contributed by atoms with E-state index in [0.29, 0.717) is 10.8 Å². The van der Waals surface area contributed by atoms with E-state index in [4.69, 9.17) is 21.1 Å². The number of carbonyl (C=O) groups is 1. The largest absolute Gasteiger partial charge is 0.546 e. The lowest BCUT2D eigenvalue weighted by Crippen LogP contribution is -2.42. The molecule has 2 N–H and O–H groups in total. The van der Waals surface area contributed by atoms with E-state index in [1.807, 2.05) is 0 Å². The highest BCUT2D eigenvalue weighted by Gasteiger charge is 2.19. The van der Waals surface area contributed by atoms with Crippen LogP contribution in [0.3, 0.4) is 0 Å². The maximum Gasteiger partial charge on any atom is 0.161 e. The Morgan fingerprint density at radius 3 is 2.46 bits per heavy atom. The van der Waals surface area contributed by atoms with E-state index < -0.39 is 18.2 Å². The van der Waals surface area contributed by atoms with Crippen molar-refractivity contribution in [2.75, 3.05) is 6.61 Å². The zero-order chi connectivity index (χ0) is 17.5. The van der Waals surface area contributed by atoms with E-state index in [9.17, 15) is 20.1 Å². The smallest absolute Gasteiger partial charge is 0.161 e. The van der Waals surface area contributed by atoms with Crippen LogP contribution in [0.25, 0.3) is 0 Å². The minimum absolute atomic E-state index is 0.00230. The van der Waals surface area contributed by atoms with E-state index in [2.05, 4.69) is 0 Å². The van der Waals surface area contributed by atoms with Crippen molar-refractivity contribution in [1.29, 1.82) is 0 Å². The van der Waals surface area contributed by atoms with Gasteiger partial charge in [-0.3, -0.25) is 0 Å². The number of ether oxygens (including phenoxy) is 2. The van der Waals surface area contributed by atoms with Crippen molar-refractivity contribution in [3.8, 4) is 17.2 Å². The number of benzene rings is 2. The molecule has 0 bridgehead atoms. The molecular weight excluding hydrogens is 336 g/mol. The van der Waals surface area contributed by atoms with Crippen molar-refractivity contribution in [2.45, 2.75) is 18.6 Å². The summed E-state index contributed by atoms with van der Waals surface area (Å²) in [6, 6.07) is 12.5. The normalized spacial score (nSPS) is 13.1. The summed E-state index contributed by atoms with van der Waals surface area (Å²) in [5, 5.41) is 31.3. The number of carboxylic acid groups (broad SMARTS) is 1. The molecule has 24 heavy (non-hydrogen) atoms. The molecule has 2 unspecified atom stereocenters. The van der Waals surface area contributed by atoms with Crippen LogP contribution < -0.4 is 14.6 Å². The van der Waals surface area contributed by atoms with Crippen LogP contribution in [0, 0.1) is 0 Å². The van der Waals surface area contributed by atoms with Crippen LogP contribution in [0.2, 0.25) is 5.02 Å². The lowest BCUT2D eigenvalue weighted by Gasteiger charge is -2.23. The third-order valence-electron chi connectivity index (χ3n) is 3.14. The highest BCUT2D eigenvalue weighted by Crippen LogP contribution is 2.26. The maximum atomic E-state index is 11.2. The van der Waals surface area contributed by atoms with Gasteiger partial charge in [0.25, 0.3) is 0 Å². The standard InChI is InChI=1S/C17H17ClO6/c18-11-5-7-13(8-6-11)23-10-12(19)9-16(17(21)22)24-15-4-2-1-3-14(15)20/h1-8,12,16,19-20H,9-10H2,(H,21,22)/p-1. The van der Waals surface area contributed by atoms with Crippen LogP contribution in [0.5, 0.6) is 17.2 Å². The molecule has 0 aromatic heterocycles. The zero-order valence-corrected chi connectivity index (χ0v) is 13.3. The maximum absolute atomic E-state index is 11.2. The van der Waals surface area contributed by atoms with Crippen LogP contribution in [0.1, 0.15) is 6.42 Å². The fourth-order valence-corrected chi connectivity index (χ4v) is 2.07. The number of rotatable bonds is 8. The Morgan fingerprint density at radius 2 is 1.83 bits per heavy atom. The molecule has 2 rings (SSSR count). The van der Waals surface area contributed by atoms with Gasteiger partial charge in [0.05, 0.1) is 12.1 Å². The summed E-state index contributed by atoms with van der Waals surface area (Å²) >= 11 is 5.75. The van der Waals surface area contributed by atoms with Gasteiger partial charge in [0.15, 0.2) is 11.5 Å². The summed E-state index contributed by atoms with van der Waals surface area (Å²) in [5.41, 5.74) is 0. The molecule has 2 aromatic carbocycles. The van der Waals surface area contributed by atoms with Crippen LogP contribution >= 0.6 is 11.6 Å². The number of hydrogen-bond donors (Lipinski definition) is 2. The fourth-order valence-electron chi connectivity index (χ4n) is 1.94. The molecule has 0 aliphatic carbocycles. The Hall–Kier alpha value is -2.44. The predicted molar refractivity (Wildman–Crippen MR) is 85.1 cm³/mol. The number of aromatic hydroxyl groups is 1. The van der Waals surface area contributed by atoms with Gasteiger partial charge in [-0.15, -0.1) is 0 Å². The summed E-state index contributed by atoms with van der Waals surface area (Å²) in [6.45, 7) is -0.129. The monoisotopic (exact) mass is 351 g/mol. The number of phenolic OH excluding ortho intramolecular Hbond substituents is 1. The van der Waals surface area contributed by atoms with E-state index in [0.717, 1.165) is 0 Å². The lowest BCUT2D eigenvalue weighted by molar-refractivity contribution is -0.314. The Kier molecular flexibility index (Phi) is 6.28. The SMILES string of the molecule is O=C([O-])C(CC(O)COc1ccc(Cl)cc1)Oc1ccccc1O. The number of aliphatic carboxylic acids is 1. The summed E-state index contributed by atoms with van der Waals surface area (Å²) in [5.74, 6) is -1.21. The minimum atomic E-state index is -1.50. The molecule has 0 radical (unpaired) electrons. The van der Waals surface area contributed by atoms with Crippen molar-refractivity contribution in [2.24, 2.45) is 0 Å². The van der Waals surface area contributed by atoms with E-state index in [1.54, 1.807) is 36.4 Å². The molecule has 0 aliphatic rings. The first-order valence-corrected chi connectivity index (χ1v) is 7.55. The fraction of sp³-hybridized carbons (Fsp3) is 0.235. The van der Waals surface area contributed by atoms with E-state index in [1.165, 1.54) is 12.1 Å². The highest BCUT2D eigenvalue weighted by molar-refractivity contribution is 6.30. The topological polar surface area (TPSA) is 99.1 Å². The molecule has 2 aromatic rings. The van der Waals surface area contributed by atoms with Crippen LogP contribution in [-0.2, 0) is 4.79 Å². The summed E-state index contributed by atoms with van der Waals surface area (Å²) in [7, 11) is 0. The van der Waals surface area contributed by atoms with Gasteiger partial charge < -0.3 is 29.6 Å². The number of aliphatic hydroxyl groups is 1. The Bertz CT molecular complexity index is 673. The van der Waals surface area contributed by atoms with Crippen molar-refractivity contribution >= 4 is 17.6 Å². The molecule has 0 saturated carbocycles. The molecule has 7 heteroatoms. The average molecular weight is 352 g/mol. The first-order chi connectivity index (χ1) is 11.5. The molecular formula is C17H16ClO6-. The number of para-hydroxylation sites is 2. The molecule has 0 aliphatic heterocycles. The predicted octanol–water partition coefficient (Wildman–Crippen LogP) is 1.37. The molecule has 0 amide bonds. The van der Waals surface area contributed by atoms with Crippen LogP contribution in [-0.4, -0.2) is 35.0 Å². The second kappa shape index (κ2) is 8.42. The van der Waals surface area contributed by atoms with Gasteiger partial charge in [0.2, 0.25) is 0 Å². The van der Waals surface area contributed by atoms with Crippen molar-refractivity contribution < 1.29 is 29.6 Å². The van der Waals surface area contributed by atoms with Gasteiger partial charge >= 0.3 is 0 Å². The van der Waals surface area contributed by atoms with Crippen molar-refractivity contribution in [3.05, 3.63) is 53.6 Å². The quantitative estimate of drug-likeness (QED) is 0.745. The Balaban J connectivity index is 1.91. The van der Waals surface area contributed by atoms with Gasteiger partial charge in [-0.2, -0.15) is 0 Å². The zero-order valence-electron chi connectivity index (χ0n) is 12.6. The molecule has 2 atom stereocenters. The van der Waals surface area contributed by atoms with Crippen molar-refractivity contribution in [1.82, 2.24) is 0 Å². The number of hydrogen-bond acceptors (Lipinski definition) is 6. The van der Waals surface area contributed by atoms with E-state index in [-0.39, 0.29) is 24.5 Å². The van der Waals surface area contributed by atoms with Gasteiger partial charge in [0, 0.05) is 11.4 Å². The molecule has 128 valence electrons. The molecule has 6 nitrogen and oxygen atoms in total. The Labute approximate surface area is 143 Å². The molecule has 0 saturated heterocycles. The van der Waals surface area contributed by atoms with Gasteiger partial charge in [0.1, 0.15) is 18.5 Å². The second-order valence-corrected chi connectivity index (χ2v) is 5.48. The number of phenols is 1. The second-order valence-electron chi connectivity index (χ2n) is 5.05. The third-order valence-corrected chi connectivity index (χ3v) is 3.39. The molecule has 0 heterocycles. The number of aliphatic hydroxyl groups excluding tert-OH is 1. The van der Waals surface area contributed by atoms with Gasteiger partial charge in [-0.05, 0) is 36.4 Å². The van der Waals surface area contributed by atoms with E-state index >= 15 is 0 Å². The highest BCUT2D eigenvalue weighted by atomic mass is 35.5. The van der Waals surface area contributed by atoms with Crippen molar-refractivity contribution in [3.63, 3.8) is 0 Å².